The molecule has 2 aromatic rings. The van der Waals surface area contributed by atoms with Crippen LogP contribution >= 0.6 is 23.2 Å². The van der Waals surface area contributed by atoms with Crippen molar-refractivity contribution in [2.24, 2.45) is 0 Å². The van der Waals surface area contributed by atoms with Gasteiger partial charge in [0.05, 0.1) is 22.9 Å². The molecule has 0 aromatic heterocycles. The highest BCUT2D eigenvalue weighted by Crippen LogP contribution is 2.31. The fourth-order valence-electron chi connectivity index (χ4n) is 3.16. The Morgan fingerprint density at radius 2 is 1.93 bits per heavy atom. The van der Waals surface area contributed by atoms with Crippen LogP contribution in [0, 0.1) is 0 Å². The third kappa shape index (κ3) is 3.89. The van der Waals surface area contributed by atoms with Crippen molar-refractivity contribution in [2.75, 3.05) is 24.6 Å². The van der Waals surface area contributed by atoms with E-state index in [2.05, 4.69) is 0 Å². The van der Waals surface area contributed by atoms with Crippen molar-refractivity contribution in [3.8, 4) is 5.75 Å². The predicted molar refractivity (Wildman–Crippen MR) is 107 cm³/mol. The molecule has 3 rings (SSSR count). The van der Waals surface area contributed by atoms with Crippen LogP contribution in [0.25, 0.3) is 0 Å². The standard InChI is InChI=1S/C20H20Cl2N2O3/c1-3-27-18-7-5-4-6-17(18)24-11-10-23(13(2)19(24)25)20(26)15-9-8-14(21)12-16(15)22/h4-9,12-13H,3,10-11H2,1-2H3/t13-/m1/s1. The second-order valence-electron chi connectivity index (χ2n) is 6.19. The van der Waals surface area contributed by atoms with Gasteiger partial charge in [0.15, 0.2) is 0 Å². The molecular formula is C20H20Cl2N2O3. The van der Waals surface area contributed by atoms with Crippen LogP contribution in [-0.2, 0) is 4.79 Å². The van der Waals surface area contributed by atoms with Crippen LogP contribution in [0.4, 0.5) is 5.69 Å². The maximum absolute atomic E-state index is 13.0. The van der Waals surface area contributed by atoms with E-state index in [0.29, 0.717) is 41.7 Å². The third-order valence-corrected chi connectivity index (χ3v) is 5.08. The number of halogens is 2. The summed E-state index contributed by atoms with van der Waals surface area (Å²) in [7, 11) is 0. The minimum Gasteiger partial charge on any atom is -0.492 e. The molecule has 1 atom stereocenters. The average Bonchev–Trinajstić information content (AvgIpc) is 2.64. The van der Waals surface area contributed by atoms with Gasteiger partial charge in [0.1, 0.15) is 11.8 Å². The van der Waals surface area contributed by atoms with Gasteiger partial charge in [0, 0.05) is 18.1 Å². The van der Waals surface area contributed by atoms with Gasteiger partial charge < -0.3 is 14.5 Å². The zero-order chi connectivity index (χ0) is 19.6. The fraction of sp³-hybridized carbons (Fsp3) is 0.300. The molecule has 7 heteroatoms. The zero-order valence-corrected chi connectivity index (χ0v) is 16.6. The highest BCUT2D eigenvalue weighted by atomic mass is 35.5. The summed E-state index contributed by atoms with van der Waals surface area (Å²) in [5.74, 6) is 0.211. The summed E-state index contributed by atoms with van der Waals surface area (Å²) in [6.45, 7) is 4.90. The van der Waals surface area contributed by atoms with E-state index in [0.717, 1.165) is 0 Å². The Labute approximate surface area is 168 Å². The number of ether oxygens (including phenoxy) is 1. The van der Waals surface area contributed by atoms with Gasteiger partial charge in [-0.25, -0.2) is 0 Å². The van der Waals surface area contributed by atoms with Crippen LogP contribution in [0.2, 0.25) is 10.0 Å². The van der Waals surface area contributed by atoms with Crippen LogP contribution in [0.5, 0.6) is 5.75 Å². The molecule has 2 amide bonds. The highest BCUT2D eigenvalue weighted by molar-refractivity contribution is 6.36. The number of anilines is 1. The number of piperazine rings is 1. The van der Waals surface area contributed by atoms with E-state index in [9.17, 15) is 9.59 Å². The molecule has 0 N–H and O–H groups in total. The molecule has 5 nitrogen and oxygen atoms in total. The van der Waals surface area contributed by atoms with Crippen molar-refractivity contribution in [3.63, 3.8) is 0 Å². The van der Waals surface area contributed by atoms with Crippen LogP contribution in [0.1, 0.15) is 24.2 Å². The van der Waals surface area contributed by atoms with Gasteiger partial charge in [-0.3, -0.25) is 9.59 Å². The zero-order valence-electron chi connectivity index (χ0n) is 15.1. The lowest BCUT2D eigenvalue weighted by Crippen LogP contribution is -2.57. The molecule has 0 radical (unpaired) electrons. The van der Waals surface area contributed by atoms with E-state index in [4.69, 9.17) is 27.9 Å². The Balaban J connectivity index is 1.84. The lowest BCUT2D eigenvalue weighted by Gasteiger charge is -2.39. The van der Waals surface area contributed by atoms with Gasteiger partial charge >= 0.3 is 0 Å². The lowest BCUT2D eigenvalue weighted by molar-refractivity contribution is -0.124. The van der Waals surface area contributed by atoms with Crippen molar-refractivity contribution in [1.82, 2.24) is 4.90 Å². The molecule has 1 saturated heterocycles. The molecule has 0 saturated carbocycles. The van der Waals surface area contributed by atoms with Crippen molar-refractivity contribution < 1.29 is 14.3 Å². The number of nitrogens with zero attached hydrogens (tertiary/aromatic N) is 2. The molecule has 0 unspecified atom stereocenters. The van der Waals surface area contributed by atoms with E-state index in [-0.39, 0.29) is 16.8 Å². The van der Waals surface area contributed by atoms with Crippen LogP contribution in [0.15, 0.2) is 42.5 Å². The molecule has 2 aromatic carbocycles. The smallest absolute Gasteiger partial charge is 0.256 e. The van der Waals surface area contributed by atoms with Gasteiger partial charge in [0.25, 0.3) is 5.91 Å². The third-order valence-electron chi connectivity index (χ3n) is 4.53. The van der Waals surface area contributed by atoms with Crippen molar-refractivity contribution in [2.45, 2.75) is 19.9 Å². The number of amides is 2. The van der Waals surface area contributed by atoms with E-state index >= 15 is 0 Å². The molecule has 1 aliphatic heterocycles. The summed E-state index contributed by atoms with van der Waals surface area (Å²) >= 11 is 12.1. The number of rotatable bonds is 4. The first-order valence-corrected chi connectivity index (χ1v) is 9.48. The molecule has 1 fully saturated rings. The maximum Gasteiger partial charge on any atom is 0.256 e. The van der Waals surface area contributed by atoms with Crippen LogP contribution in [0.3, 0.4) is 0 Å². The Bertz CT molecular complexity index is 872. The maximum atomic E-state index is 13.0. The normalized spacial score (nSPS) is 17.2. The summed E-state index contributed by atoms with van der Waals surface area (Å²) in [5.41, 5.74) is 1.05. The number of carbonyl (C=O) groups is 2. The fourth-order valence-corrected chi connectivity index (χ4v) is 3.65. The van der Waals surface area contributed by atoms with Crippen molar-refractivity contribution in [3.05, 3.63) is 58.1 Å². The van der Waals surface area contributed by atoms with Crippen LogP contribution in [-0.4, -0.2) is 42.5 Å². The first-order chi connectivity index (χ1) is 12.9. The van der Waals surface area contributed by atoms with E-state index in [1.54, 1.807) is 24.0 Å². The first kappa shape index (κ1) is 19.5. The monoisotopic (exact) mass is 406 g/mol. The van der Waals surface area contributed by atoms with Gasteiger partial charge in [-0.05, 0) is 44.2 Å². The second-order valence-corrected chi connectivity index (χ2v) is 7.03. The summed E-state index contributed by atoms with van der Waals surface area (Å²) in [5, 5.41) is 0.731. The Morgan fingerprint density at radius 1 is 1.19 bits per heavy atom. The predicted octanol–water partition coefficient (Wildman–Crippen LogP) is 4.27. The Morgan fingerprint density at radius 3 is 2.63 bits per heavy atom. The molecule has 0 spiro atoms. The molecular weight excluding hydrogens is 387 g/mol. The topological polar surface area (TPSA) is 49.9 Å². The lowest BCUT2D eigenvalue weighted by atomic mass is 10.1. The SMILES string of the molecule is CCOc1ccccc1N1CCN(C(=O)c2ccc(Cl)cc2Cl)[C@H](C)C1=O. The second kappa shape index (κ2) is 8.19. The Hall–Kier alpha value is -2.24. The summed E-state index contributed by atoms with van der Waals surface area (Å²) in [4.78, 5) is 29.1. The number of hydrogen-bond donors (Lipinski definition) is 0. The van der Waals surface area contributed by atoms with Gasteiger partial charge in [-0.1, -0.05) is 35.3 Å². The largest absolute Gasteiger partial charge is 0.492 e. The van der Waals surface area contributed by atoms with E-state index in [1.807, 2.05) is 31.2 Å². The minimum atomic E-state index is -0.618. The molecule has 27 heavy (non-hydrogen) atoms. The van der Waals surface area contributed by atoms with Crippen LogP contribution < -0.4 is 9.64 Å². The van der Waals surface area contributed by atoms with Gasteiger partial charge in [0.2, 0.25) is 5.91 Å². The summed E-state index contributed by atoms with van der Waals surface area (Å²) in [6.07, 6.45) is 0. The summed E-state index contributed by atoms with van der Waals surface area (Å²) in [6, 6.07) is 11.5. The van der Waals surface area contributed by atoms with Gasteiger partial charge in [-0.15, -0.1) is 0 Å². The number of hydrogen-bond acceptors (Lipinski definition) is 3. The number of benzene rings is 2. The van der Waals surface area contributed by atoms with Crippen molar-refractivity contribution >= 4 is 40.7 Å². The Kier molecular flexibility index (Phi) is 5.92. The molecule has 0 bridgehead atoms. The summed E-state index contributed by atoms with van der Waals surface area (Å²) < 4.78 is 5.64. The van der Waals surface area contributed by atoms with E-state index < -0.39 is 6.04 Å². The quantitative estimate of drug-likeness (QED) is 0.761. The molecule has 0 aliphatic carbocycles. The molecule has 1 aliphatic rings. The minimum absolute atomic E-state index is 0.160. The highest BCUT2D eigenvalue weighted by Gasteiger charge is 2.36. The van der Waals surface area contributed by atoms with Gasteiger partial charge in [-0.2, -0.15) is 0 Å². The first-order valence-electron chi connectivity index (χ1n) is 8.73. The number of para-hydroxylation sites is 2. The van der Waals surface area contributed by atoms with Crippen molar-refractivity contribution in [1.29, 1.82) is 0 Å². The van der Waals surface area contributed by atoms with E-state index in [1.165, 1.54) is 11.0 Å². The number of carbonyl (C=O) groups excluding carboxylic acids is 2. The molecule has 142 valence electrons. The average molecular weight is 407 g/mol. The molecule has 1 heterocycles.